The maximum Gasteiger partial charge on any atom is 0.142 e. The Morgan fingerprint density at radius 2 is 2.54 bits per heavy atom. The zero-order valence-electron chi connectivity index (χ0n) is 7.32. The fraction of sp³-hybridized carbons (Fsp3) is 0.222. The summed E-state index contributed by atoms with van der Waals surface area (Å²) in [5.41, 5.74) is 3.31. The molecule has 1 unspecified atom stereocenters. The first-order valence-electron chi connectivity index (χ1n) is 3.73. The van der Waals surface area contributed by atoms with Crippen LogP contribution in [0.1, 0.15) is 11.6 Å². The molecule has 1 aromatic rings. The van der Waals surface area contributed by atoms with Crippen LogP contribution in [0, 0.1) is 12.3 Å². The molecule has 1 heterocycles. The van der Waals surface area contributed by atoms with Crippen LogP contribution in [-0.4, -0.2) is 12.1 Å². The fourth-order valence-electron chi connectivity index (χ4n) is 1.03. The Hall–Kier alpha value is -1.57. The van der Waals surface area contributed by atoms with Crippen molar-refractivity contribution in [1.82, 2.24) is 10.4 Å². The number of nitrogens with zero attached hydrogens (tertiary/aromatic N) is 1. The average molecular weight is 177 g/mol. The maximum absolute atomic E-state index is 5.27. The van der Waals surface area contributed by atoms with Crippen LogP contribution in [0.3, 0.4) is 0 Å². The van der Waals surface area contributed by atoms with Crippen LogP contribution in [0.2, 0.25) is 0 Å². The molecular weight excluding hydrogens is 166 g/mol. The summed E-state index contributed by atoms with van der Waals surface area (Å²) in [7, 11) is 1.56. The minimum Gasteiger partial charge on any atom is -0.495 e. The Morgan fingerprint density at radius 3 is 3.08 bits per heavy atom. The molecule has 0 aromatic carbocycles. The van der Waals surface area contributed by atoms with E-state index in [4.69, 9.17) is 17.0 Å². The van der Waals surface area contributed by atoms with Gasteiger partial charge >= 0.3 is 0 Å². The molecule has 68 valence electrons. The molecule has 1 aromatic heterocycles. The van der Waals surface area contributed by atoms with E-state index < -0.39 is 0 Å². The van der Waals surface area contributed by atoms with Crippen molar-refractivity contribution < 1.29 is 4.74 Å². The van der Waals surface area contributed by atoms with E-state index in [1.165, 1.54) is 0 Å². The predicted molar refractivity (Wildman–Crippen MR) is 49.7 cm³/mol. The molecule has 0 aliphatic carbocycles. The smallest absolute Gasteiger partial charge is 0.142 e. The number of nitrogens with one attached hydrogen (secondary N) is 1. The average Bonchev–Trinajstić information content (AvgIpc) is 2.20. The highest BCUT2D eigenvalue weighted by molar-refractivity contribution is 5.36. The maximum atomic E-state index is 5.27. The molecule has 0 bridgehead atoms. The first-order chi connectivity index (χ1) is 6.33. The molecule has 0 spiro atoms. The third kappa shape index (κ3) is 1.96. The molecule has 0 amide bonds. The van der Waals surface area contributed by atoms with E-state index in [1.54, 1.807) is 25.6 Å². The highest BCUT2D eigenvalue weighted by Gasteiger charge is 2.10. The van der Waals surface area contributed by atoms with Gasteiger partial charge < -0.3 is 4.74 Å². The van der Waals surface area contributed by atoms with Gasteiger partial charge in [-0.2, -0.15) is 0 Å². The van der Waals surface area contributed by atoms with E-state index in [0.29, 0.717) is 5.75 Å². The number of pyridine rings is 1. The summed E-state index contributed by atoms with van der Waals surface area (Å²) in [5, 5.41) is 0. The van der Waals surface area contributed by atoms with Gasteiger partial charge in [0.05, 0.1) is 13.3 Å². The quantitative estimate of drug-likeness (QED) is 0.394. The molecule has 0 saturated heterocycles. The van der Waals surface area contributed by atoms with E-state index in [2.05, 4.69) is 16.3 Å². The third-order valence-electron chi connectivity index (χ3n) is 1.68. The molecule has 4 heteroatoms. The van der Waals surface area contributed by atoms with Gasteiger partial charge in [0.2, 0.25) is 0 Å². The number of aromatic nitrogens is 1. The van der Waals surface area contributed by atoms with E-state index in [-0.39, 0.29) is 6.04 Å². The van der Waals surface area contributed by atoms with E-state index in [9.17, 15) is 0 Å². The summed E-state index contributed by atoms with van der Waals surface area (Å²) in [6.07, 6.45) is 8.50. The monoisotopic (exact) mass is 177 g/mol. The first kappa shape index (κ1) is 9.52. The number of hydrazine groups is 1. The summed E-state index contributed by atoms with van der Waals surface area (Å²) >= 11 is 0. The number of nitrogens with two attached hydrogens (primary N) is 1. The number of ether oxygens (including phenoxy) is 1. The Balaban J connectivity index is 3.05. The lowest BCUT2D eigenvalue weighted by Gasteiger charge is -2.12. The van der Waals surface area contributed by atoms with Crippen LogP contribution < -0.4 is 16.0 Å². The lowest BCUT2D eigenvalue weighted by Crippen LogP contribution is -2.27. The number of rotatable bonds is 3. The molecule has 0 saturated carbocycles. The normalized spacial score (nSPS) is 11.8. The summed E-state index contributed by atoms with van der Waals surface area (Å²) in [5.74, 6) is 8.40. The fourth-order valence-corrected chi connectivity index (χ4v) is 1.03. The molecule has 1 rings (SSSR count). The minimum atomic E-state index is -0.349. The van der Waals surface area contributed by atoms with Crippen LogP contribution in [0.4, 0.5) is 0 Å². The SMILES string of the molecule is C#CC(NN)c1ccncc1OC. The summed E-state index contributed by atoms with van der Waals surface area (Å²) < 4.78 is 5.08. The molecule has 4 nitrogen and oxygen atoms in total. The second-order valence-electron chi connectivity index (χ2n) is 2.38. The van der Waals surface area contributed by atoms with Crippen LogP contribution in [0.5, 0.6) is 5.75 Å². The van der Waals surface area contributed by atoms with Crippen molar-refractivity contribution in [3.05, 3.63) is 24.0 Å². The second-order valence-corrected chi connectivity index (χ2v) is 2.38. The molecule has 3 N–H and O–H groups in total. The van der Waals surface area contributed by atoms with Crippen molar-refractivity contribution in [2.45, 2.75) is 6.04 Å². The van der Waals surface area contributed by atoms with Crippen molar-refractivity contribution in [3.63, 3.8) is 0 Å². The predicted octanol–water partition coefficient (Wildman–Crippen LogP) is 0.228. The lowest BCUT2D eigenvalue weighted by atomic mass is 10.1. The van der Waals surface area contributed by atoms with Gasteiger partial charge in [0, 0.05) is 11.8 Å². The van der Waals surface area contributed by atoms with Crippen molar-refractivity contribution in [3.8, 4) is 18.1 Å². The standard InChI is InChI=1S/C9H11N3O/c1-3-8(12-10)7-4-5-11-6-9(7)13-2/h1,4-6,8,12H,10H2,2H3. The van der Waals surface area contributed by atoms with Crippen molar-refractivity contribution >= 4 is 0 Å². The molecule has 0 aliphatic heterocycles. The molecule has 0 radical (unpaired) electrons. The van der Waals surface area contributed by atoms with Gasteiger partial charge in [-0.1, -0.05) is 5.92 Å². The van der Waals surface area contributed by atoms with Gasteiger partial charge in [-0.3, -0.25) is 10.8 Å². The first-order valence-corrected chi connectivity index (χ1v) is 3.73. The zero-order valence-corrected chi connectivity index (χ0v) is 7.32. The van der Waals surface area contributed by atoms with Gasteiger partial charge in [-0.25, -0.2) is 5.43 Å². The van der Waals surface area contributed by atoms with Gasteiger partial charge in [-0.15, -0.1) is 6.42 Å². The summed E-state index contributed by atoms with van der Waals surface area (Å²) in [4.78, 5) is 3.90. The van der Waals surface area contributed by atoms with Crippen LogP contribution in [0.25, 0.3) is 0 Å². The Kier molecular flexibility index (Phi) is 3.26. The minimum absolute atomic E-state index is 0.349. The topological polar surface area (TPSA) is 60.2 Å². The zero-order chi connectivity index (χ0) is 9.68. The van der Waals surface area contributed by atoms with Gasteiger partial charge in [0.15, 0.2) is 0 Å². The summed E-state index contributed by atoms with van der Waals surface area (Å²) in [6, 6.07) is 1.42. The molecule has 0 aliphatic rings. The van der Waals surface area contributed by atoms with Crippen molar-refractivity contribution in [2.24, 2.45) is 5.84 Å². The number of hydrogen-bond donors (Lipinski definition) is 2. The molecule has 0 fully saturated rings. The molecule has 13 heavy (non-hydrogen) atoms. The van der Waals surface area contributed by atoms with E-state index in [0.717, 1.165) is 5.56 Å². The number of hydrogen-bond acceptors (Lipinski definition) is 4. The Bertz CT molecular complexity index is 319. The van der Waals surface area contributed by atoms with Crippen LogP contribution >= 0.6 is 0 Å². The van der Waals surface area contributed by atoms with Gasteiger partial charge in [0.1, 0.15) is 11.8 Å². The number of methoxy groups -OCH3 is 1. The Morgan fingerprint density at radius 1 is 1.77 bits per heavy atom. The van der Waals surface area contributed by atoms with Gasteiger partial charge in [0.25, 0.3) is 0 Å². The molecular formula is C9H11N3O. The van der Waals surface area contributed by atoms with Crippen molar-refractivity contribution in [1.29, 1.82) is 0 Å². The van der Waals surface area contributed by atoms with Crippen LogP contribution in [0.15, 0.2) is 18.5 Å². The lowest BCUT2D eigenvalue weighted by molar-refractivity contribution is 0.403. The summed E-state index contributed by atoms with van der Waals surface area (Å²) in [6.45, 7) is 0. The second kappa shape index (κ2) is 4.45. The van der Waals surface area contributed by atoms with Crippen molar-refractivity contribution in [2.75, 3.05) is 7.11 Å². The highest BCUT2D eigenvalue weighted by Crippen LogP contribution is 2.22. The largest absolute Gasteiger partial charge is 0.495 e. The third-order valence-corrected chi connectivity index (χ3v) is 1.68. The molecule has 1 atom stereocenters. The van der Waals surface area contributed by atoms with Crippen LogP contribution in [-0.2, 0) is 0 Å². The van der Waals surface area contributed by atoms with Gasteiger partial charge in [-0.05, 0) is 6.07 Å². The number of terminal acetylenes is 1. The van der Waals surface area contributed by atoms with E-state index >= 15 is 0 Å². The Labute approximate surface area is 77.1 Å². The van der Waals surface area contributed by atoms with E-state index in [1.807, 2.05) is 0 Å². The highest BCUT2D eigenvalue weighted by atomic mass is 16.5.